The molecule has 0 amide bonds. The van der Waals surface area contributed by atoms with Crippen LogP contribution in [0, 0.1) is 5.41 Å². The molecule has 0 radical (unpaired) electrons. The average Bonchev–Trinajstić information content (AvgIpc) is 2.01. The highest BCUT2D eigenvalue weighted by molar-refractivity contribution is 5.04. The summed E-state index contributed by atoms with van der Waals surface area (Å²) in [7, 11) is 0. The Kier molecular flexibility index (Phi) is 2.10. The maximum atomic E-state index is 5.59. The topological polar surface area (TPSA) is 9.23 Å². The van der Waals surface area contributed by atoms with Gasteiger partial charge in [-0.05, 0) is 19.8 Å². The van der Waals surface area contributed by atoms with Crippen LogP contribution in [0.1, 0.15) is 33.6 Å². The molecule has 0 bridgehead atoms. The van der Waals surface area contributed by atoms with Gasteiger partial charge in [0.05, 0.1) is 12.2 Å². The van der Waals surface area contributed by atoms with E-state index in [0.717, 1.165) is 13.0 Å². The van der Waals surface area contributed by atoms with Crippen molar-refractivity contribution in [2.24, 2.45) is 5.41 Å². The van der Waals surface area contributed by atoms with Gasteiger partial charge in [0, 0.05) is 5.41 Å². The summed E-state index contributed by atoms with van der Waals surface area (Å²) >= 11 is 0. The van der Waals surface area contributed by atoms with E-state index in [-0.39, 0.29) is 5.60 Å². The van der Waals surface area contributed by atoms with Crippen LogP contribution in [0.4, 0.5) is 0 Å². The summed E-state index contributed by atoms with van der Waals surface area (Å²) in [5.74, 6) is 0. The Morgan fingerprint density at radius 1 is 1.55 bits per heavy atom. The van der Waals surface area contributed by atoms with Crippen LogP contribution in [0.2, 0.25) is 0 Å². The summed E-state index contributed by atoms with van der Waals surface area (Å²) in [6.45, 7) is 11.4. The van der Waals surface area contributed by atoms with Crippen molar-refractivity contribution >= 4 is 0 Å². The molecule has 1 heterocycles. The Hall–Kier alpha value is -0.300. The first-order valence-electron chi connectivity index (χ1n) is 4.33. The molecule has 64 valence electrons. The standard InChI is InChI=1S/C10H18O/c1-5-7-10(4)9(3,6-2)8-11-10/h5H,1,6-8H2,2-4H3. The third-order valence-electron chi connectivity index (χ3n) is 3.30. The predicted molar refractivity (Wildman–Crippen MR) is 47.6 cm³/mol. The van der Waals surface area contributed by atoms with Gasteiger partial charge in [0.25, 0.3) is 0 Å². The van der Waals surface area contributed by atoms with Crippen molar-refractivity contribution < 1.29 is 4.74 Å². The largest absolute Gasteiger partial charge is 0.374 e. The van der Waals surface area contributed by atoms with Gasteiger partial charge >= 0.3 is 0 Å². The maximum Gasteiger partial charge on any atom is 0.0764 e. The van der Waals surface area contributed by atoms with Crippen molar-refractivity contribution in [1.29, 1.82) is 0 Å². The third kappa shape index (κ3) is 1.12. The molecule has 2 unspecified atom stereocenters. The van der Waals surface area contributed by atoms with Crippen molar-refractivity contribution in [1.82, 2.24) is 0 Å². The molecular weight excluding hydrogens is 136 g/mol. The molecule has 0 aromatic heterocycles. The summed E-state index contributed by atoms with van der Waals surface area (Å²) in [4.78, 5) is 0. The van der Waals surface area contributed by atoms with Gasteiger partial charge in [-0.25, -0.2) is 0 Å². The van der Waals surface area contributed by atoms with Crippen molar-refractivity contribution in [3.05, 3.63) is 12.7 Å². The van der Waals surface area contributed by atoms with E-state index in [0.29, 0.717) is 5.41 Å². The summed E-state index contributed by atoms with van der Waals surface area (Å²) in [5.41, 5.74) is 0.435. The van der Waals surface area contributed by atoms with Crippen molar-refractivity contribution in [3.8, 4) is 0 Å². The minimum absolute atomic E-state index is 0.0590. The summed E-state index contributed by atoms with van der Waals surface area (Å²) in [6, 6.07) is 0. The zero-order chi connectivity index (χ0) is 8.54. The summed E-state index contributed by atoms with van der Waals surface area (Å²) < 4.78 is 5.59. The Labute approximate surface area is 69.4 Å². The predicted octanol–water partition coefficient (Wildman–Crippen LogP) is 2.77. The Morgan fingerprint density at radius 2 is 2.18 bits per heavy atom. The van der Waals surface area contributed by atoms with Gasteiger partial charge in [0.1, 0.15) is 0 Å². The second kappa shape index (κ2) is 2.63. The lowest BCUT2D eigenvalue weighted by Crippen LogP contribution is -2.59. The monoisotopic (exact) mass is 154 g/mol. The van der Waals surface area contributed by atoms with Gasteiger partial charge < -0.3 is 4.74 Å². The molecule has 0 aliphatic carbocycles. The van der Waals surface area contributed by atoms with Gasteiger partial charge in [-0.2, -0.15) is 0 Å². The zero-order valence-corrected chi connectivity index (χ0v) is 7.81. The lowest BCUT2D eigenvalue weighted by molar-refractivity contribution is -0.249. The molecule has 2 atom stereocenters. The Balaban J connectivity index is 2.65. The first kappa shape index (κ1) is 8.79. The fourth-order valence-corrected chi connectivity index (χ4v) is 1.62. The van der Waals surface area contributed by atoms with E-state index in [2.05, 4.69) is 27.4 Å². The lowest BCUT2D eigenvalue weighted by atomic mass is 9.67. The second-order valence-electron chi connectivity index (χ2n) is 3.93. The van der Waals surface area contributed by atoms with Gasteiger partial charge in [0.2, 0.25) is 0 Å². The fourth-order valence-electron chi connectivity index (χ4n) is 1.62. The lowest BCUT2D eigenvalue weighted by Gasteiger charge is -2.55. The molecular formula is C10H18O. The minimum atomic E-state index is 0.0590. The first-order valence-corrected chi connectivity index (χ1v) is 4.33. The zero-order valence-electron chi connectivity index (χ0n) is 7.81. The number of hydrogen-bond acceptors (Lipinski definition) is 1. The van der Waals surface area contributed by atoms with Crippen molar-refractivity contribution in [3.63, 3.8) is 0 Å². The van der Waals surface area contributed by atoms with E-state index in [9.17, 15) is 0 Å². The molecule has 0 aromatic carbocycles. The van der Waals surface area contributed by atoms with Crippen molar-refractivity contribution in [2.45, 2.75) is 39.2 Å². The molecule has 1 nitrogen and oxygen atoms in total. The highest BCUT2D eigenvalue weighted by atomic mass is 16.5. The maximum absolute atomic E-state index is 5.59. The van der Waals surface area contributed by atoms with Crippen LogP contribution < -0.4 is 0 Å². The van der Waals surface area contributed by atoms with E-state index >= 15 is 0 Å². The SMILES string of the molecule is C=CCC1(C)OCC1(C)CC. The molecule has 1 aliphatic rings. The number of hydrogen-bond donors (Lipinski definition) is 0. The Bertz CT molecular complexity index is 160. The van der Waals surface area contributed by atoms with Crippen LogP contribution in [0.3, 0.4) is 0 Å². The third-order valence-corrected chi connectivity index (χ3v) is 3.30. The number of ether oxygens (including phenoxy) is 1. The van der Waals surface area contributed by atoms with Crippen LogP contribution in [0.25, 0.3) is 0 Å². The quantitative estimate of drug-likeness (QED) is 0.568. The van der Waals surface area contributed by atoms with E-state index < -0.39 is 0 Å². The number of rotatable bonds is 3. The molecule has 1 saturated heterocycles. The van der Waals surface area contributed by atoms with E-state index in [1.54, 1.807) is 0 Å². The molecule has 11 heavy (non-hydrogen) atoms. The average molecular weight is 154 g/mol. The first-order chi connectivity index (χ1) is 5.08. The smallest absolute Gasteiger partial charge is 0.0764 e. The van der Waals surface area contributed by atoms with Gasteiger partial charge in [-0.1, -0.05) is 19.9 Å². The highest BCUT2D eigenvalue weighted by Crippen LogP contribution is 2.48. The van der Waals surface area contributed by atoms with Crippen molar-refractivity contribution in [2.75, 3.05) is 6.61 Å². The molecule has 1 heteroatoms. The van der Waals surface area contributed by atoms with Gasteiger partial charge in [-0.3, -0.25) is 0 Å². The van der Waals surface area contributed by atoms with Crippen LogP contribution in [-0.4, -0.2) is 12.2 Å². The molecule has 0 N–H and O–H groups in total. The minimum Gasteiger partial charge on any atom is -0.374 e. The van der Waals surface area contributed by atoms with E-state index in [1.165, 1.54) is 6.42 Å². The molecule has 0 spiro atoms. The van der Waals surface area contributed by atoms with Gasteiger partial charge in [0.15, 0.2) is 0 Å². The van der Waals surface area contributed by atoms with Gasteiger partial charge in [-0.15, -0.1) is 6.58 Å². The van der Waals surface area contributed by atoms with Crippen LogP contribution in [0.5, 0.6) is 0 Å². The molecule has 1 rings (SSSR count). The van der Waals surface area contributed by atoms with E-state index in [4.69, 9.17) is 4.74 Å². The molecule has 1 aliphatic heterocycles. The molecule has 0 saturated carbocycles. The van der Waals surface area contributed by atoms with Crippen LogP contribution >= 0.6 is 0 Å². The second-order valence-corrected chi connectivity index (χ2v) is 3.93. The molecule has 1 fully saturated rings. The Morgan fingerprint density at radius 3 is 2.45 bits per heavy atom. The summed E-state index contributed by atoms with van der Waals surface area (Å²) in [5, 5.41) is 0. The summed E-state index contributed by atoms with van der Waals surface area (Å²) in [6.07, 6.45) is 4.11. The molecule has 0 aromatic rings. The van der Waals surface area contributed by atoms with Crippen LogP contribution in [-0.2, 0) is 4.74 Å². The van der Waals surface area contributed by atoms with Crippen LogP contribution in [0.15, 0.2) is 12.7 Å². The normalized spacial score (nSPS) is 43.2. The fraction of sp³-hybridized carbons (Fsp3) is 0.800. The van der Waals surface area contributed by atoms with E-state index in [1.807, 2.05) is 6.08 Å². The highest BCUT2D eigenvalue weighted by Gasteiger charge is 2.52.